The molecule has 0 aliphatic carbocycles. The molecule has 0 aliphatic rings. The van der Waals surface area contributed by atoms with Crippen molar-refractivity contribution in [3.63, 3.8) is 0 Å². The molecule has 0 atom stereocenters. The summed E-state index contributed by atoms with van der Waals surface area (Å²) in [4.78, 5) is 12.1. The molecule has 0 radical (unpaired) electrons. The van der Waals surface area contributed by atoms with Crippen LogP contribution in [0.4, 0.5) is 0 Å². The molecule has 0 fully saturated rings. The van der Waals surface area contributed by atoms with Crippen molar-refractivity contribution in [3.8, 4) is 28.5 Å². The summed E-state index contributed by atoms with van der Waals surface area (Å²) in [7, 11) is 0. The first-order valence-corrected chi connectivity index (χ1v) is 8.05. The summed E-state index contributed by atoms with van der Waals surface area (Å²) in [6.45, 7) is 2.79. The second-order valence-corrected chi connectivity index (χ2v) is 5.65. The van der Waals surface area contributed by atoms with Gasteiger partial charge < -0.3 is 9.72 Å². The lowest BCUT2D eigenvalue weighted by Crippen LogP contribution is -2.00. The number of rotatable bonds is 6. The van der Waals surface area contributed by atoms with Gasteiger partial charge in [0.2, 0.25) is 5.88 Å². The summed E-state index contributed by atoms with van der Waals surface area (Å²) in [6, 6.07) is 11.5. The van der Waals surface area contributed by atoms with Gasteiger partial charge in [0, 0.05) is 11.2 Å². The zero-order chi connectivity index (χ0) is 16.1. The molecule has 0 unspecified atom stereocenters. The molecule has 2 heterocycles. The number of benzene rings is 1. The molecule has 1 aromatic carbocycles. The first-order valence-electron chi connectivity index (χ1n) is 7.67. The molecule has 118 valence electrons. The second-order valence-electron chi connectivity index (χ2n) is 5.21. The van der Waals surface area contributed by atoms with E-state index >= 15 is 0 Å². The Kier molecular flexibility index (Phi) is 4.93. The topological polar surface area (TPSA) is 50.8 Å². The van der Waals surface area contributed by atoms with Crippen molar-refractivity contribution in [1.29, 1.82) is 0 Å². The van der Waals surface area contributed by atoms with E-state index in [1.165, 1.54) is 0 Å². The van der Waals surface area contributed by atoms with Crippen LogP contribution in [-0.2, 0) is 0 Å². The number of aromatic nitrogens is 3. The maximum atomic E-state index is 5.93. The number of hydrogen-bond acceptors (Lipinski definition) is 3. The van der Waals surface area contributed by atoms with Gasteiger partial charge in [-0.15, -0.1) is 0 Å². The van der Waals surface area contributed by atoms with Gasteiger partial charge >= 0.3 is 0 Å². The van der Waals surface area contributed by atoms with Crippen LogP contribution in [0.25, 0.3) is 22.6 Å². The second kappa shape index (κ2) is 7.29. The number of imidazole rings is 1. The zero-order valence-electron chi connectivity index (χ0n) is 12.9. The molecule has 0 spiro atoms. The minimum atomic E-state index is 0.609. The predicted molar refractivity (Wildman–Crippen MR) is 92.7 cm³/mol. The molecule has 2 aromatic heterocycles. The van der Waals surface area contributed by atoms with Crippen molar-refractivity contribution in [2.75, 3.05) is 6.61 Å². The average Bonchev–Trinajstić information content (AvgIpc) is 3.06. The third-order valence-electron chi connectivity index (χ3n) is 3.49. The minimum absolute atomic E-state index is 0.609. The third kappa shape index (κ3) is 3.71. The summed E-state index contributed by atoms with van der Waals surface area (Å²) in [5, 5.41) is 0.715. The zero-order valence-corrected chi connectivity index (χ0v) is 13.7. The highest BCUT2D eigenvalue weighted by Gasteiger charge is 2.11. The molecular weight excluding hydrogens is 310 g/mol. The lowest BCUT2D eigenvalue weighted by molar-refractivity contribution is 0.299. The fourth-order valence-electron chi connectivity index (χ4n) is 2.23. The Bertz CT molecular complexity index is 768. The number of pyridine rings is 1. The van der Waals surface area contributed by atoms with E-state index in [0.717, 1.165) is 35.5 Å². The van der Waals surface area contributed by atoms with Gasteiger partial charge in [0.25, 0.3) is 0 Å². The predicted octanol–water partition coefficient (Wildman–Crippen LogP) is 4.97. The smallest absolute Gasteiger partial charge is 0.224 e. The lowest BCUT2D eigenvalue weighted by atomic mass is 10.2. The van der Waals surface area contributed by atoms with Gasteiger partial charge in [0.15, 0.2) is 0 Å². The van der Waals surface area contributed by atoms with Crippen LogP contribution in [0.1, 0.15) is 19.8 Å². The van der Waals surface area contributed by atoms with E-state index in [1.54, 1.807) is 12.4 Å². The van der Waals surface area contributed by atoms with Gasteiger partial charge in [-0.1, -0.05) is 37.1 Å². The molecule has 0 amide bonds. The molecule has 3 aromatic rings. The van der Waals surface area contributed by atoms with Crippen molar-refractivity contribution < 1.29 is 4.74 Å². The first kappa shape index (κ1) is 15.6. The highest BCUT2D eigenvalue weighted by atomic mass is 35.5. The van der Waals surface area contributed by atoms with E-state index in [4.69, 9.17) is 16.3 Å². The molecule has 0 aliphatic heterocycles. The van der Waals surface area contributed by atoms with Gasteiger partial charge in [-0.2, -0.15) is 0 Å². The van der Waals surface area contributed by atoms with Crippen LogP contribution in [0.15, 0.2) is 48.8 Å². The number of H-pyrrole nitrogens is 1. The summed E-state index contributed by atoms with van der Waals surface area (Å²) in [5.41, 5.74) is 2.83. The van der Waals surface area contributed by atoms with Crippen molar-refractivity contribution in [2.45, 2.75) is 19.8 Å². The van der Waals surface area contributed by atoms with Crippen molar-refractivity contribution >= 4 is 11.6 Å². The summed E-state index contributed by atoms with van der Waals surface area (Å²) in [6.07, 6.45) is 5.63. The number of halogens is 1. The fraction of sp³-hybridized carbons (Fsp3) is 0.222. The van der Waals surface area contributed by atoms with Crippen LogP contribution in [-0.4, -0.2) is 21.6 Å². The monoisotopic (exact) mass is 327 g/mol. The molecular formula is C18H18ClN3O. The standard InChI is InChI=1S/C18H18ClN3O/c1-2-3-11-23-18-15(5-4-10-20-18)17-21-12-16(22-17)13-6-8-14(19)9-7-13/h4-10,12H,2-3,11H2,1H3,(H,21,22). The molecule has 4 nitrogen and oxygen atoms in total. The molecule has 3 rings (SSSR count). The molecule has 5 heteroatoms. The van der Waals surface area contributed by atoms with Gasteiger partial charge in [0.1, 0.15) is 5.82 Å². The highest BCUT2D eigenvalue weighted by molar-refractivity contribution is 6.30. The number of nitrogens with one attached hydrogen (secondary N) is 1. The Morgan fingerprint density at radius 2 is 1.96 bits per heavy atom. The Balaban J connectivity index is 1.87. The number of unbranched alkanes of at least 4 members (excludes halogenated alkanes) is 1. The quantitative estimate of drug-likeness (QED) is 0.650. The summed E-state index contributed by atoms with van der Waals surface area (Å²) < 4.78 is 5.77. The van der Waals surface area contributed by atoms with Crippen LogP contribution in [0.2, 0.25) is 5.02 Å². The van der Waals surface area contributed by atoms with Crippen LogP contribution in [0.3, 0.4) is 0 Å². The number of nitrogens with zero attached hydrogens (tertiary/aromatic N) is 2. The lowest BCUT2D eigenvalue weighted by Gasteiger charge is -2.08. The highest BCUT2D eigenvalue weighted by Crippen LogP contribution is 2.28. The van der Waals surface area contributed by atoms with E-state index in [0.29, 0.717) is 17.5 Å². The van der Waals surface area contributed by atoms with Crippen molar-refractivity contribution in [2.24, 2.45) is 0 Å². The molecule has 23 heavy (non-hydrogen) atoms. The van der Waals surface area contributed by atoms with E-state index in [2.05, 4.69) is 21.9 Å². The van der Waals surface area contributed by atoms with Gasteiger partial charge in [-0.3, -0.25) is 0 Å². The van der Waals surface area contributed by atoms with E-state index in [-0.39, 0.29) is 0 Å². The van der Waals surface area contributed by atoms with Crippen LogP contribution in [0, 0.1) is 0 Å². The van der Waals surface area contributed by atoms with Crippen molar-refractivity contribution in [3.05, 3.63) is 53.8 Å². The number of aromatic amines is 1. The third-order valence-corrected chi connectivity index (χ3v) is 3.75. The molecule has 0 saturated heterocycles. The first-order chi connectivity index (χ1) is 11.3. The fourth-order valence-corrected chi connectivity index (χ4v) is 2.36. The van der Waals surface area contributed by atoms with Crippen LogP contribution in [0.5, 0.6) is 5.88 Å². The van der Waals surface area contributed by atoms with Gasteiger partial charge in [0.05, 0.1) is 24.1 Å². The Labute approximate surface area is 140 Å². The van der Waals surface area contributed by atoms with Gasteiger partial charge in [-0.05, 0) is 36.2 Å². The largest absolute Gasteiger partial charge is 0.477 e. The minimum Gasteiger partial charge on any atom is -0.477 e. The molecule has 1 N–H and O–H groups in total. The van der Waals surface area contributed by atoms with E-state index in [9.17, 15) is 0 Å². The van der Waals surface area contributed by atoms with Crippen LogP contribution >= 0.6 is 11.6 Å². The summed E-state index contributed by atoms with van der Waals surface area (Å²) >= 11 is 5.93. The Hall–Kier alpha value is -2.33. The SMILES string of the molecule is CCCCOc1ncccc1-c1ncc(-c2ccc(Cl)cc2)[nH]1. The molecule has 0 bridgehead atoms. The Morgan fingerprint density at radius 3 is 2.74 bits per heavy atom. The Morgan fingerprint density at radius 1 is 1.13 bits per heavy atom. The van der Waals surface area contributed by atoms with Gasteiger partial charge in [-0.25, -0.2) is 9.97 Å². The summed E-state index contributed by atoms with van der Waals surface area (Å²) in [5.74, 6) is 1.35. The van der Waals surface area contributed by atoms with Crippen molar-refractivity contribution in [1.82, 2.24) is 15.0 Å². The van der Waals surface area contributed by atoms with Crippen LogP contribution < -0.4 is 4.74 Å². The van der Waals surface area contributed by atoms with E-state index < -0.39 is 0 Å². The average molecular weight is 328 g/mol. The number of hydrogen-bond donors (Lipinski definition) is 1. The normalized spacial score (nSPS) is 10.7. The molecule has 0 saturated carbocycles. The van der Waals surface area contributed by atoms with E-state index in [1.807, 2.05) is 36.4 Å². The maximum absolute atomic E-state index is 5.93. The number of ether oxygens (including phenoxy) is 1. The maximum Gasteiger partial charge on any atom is 0.224 e.